The predicted octanol–water partition coefficient (Wildman–Crippen LogP) is 14.6. The van der Waals surface area contributed by atoms with Gasteiger partial charge < -0.3 is 4.57 Å². The van der Waals surface area contributed by atoms with Crippen LogP contribution in [0.3, 0.4) is 0 Å². The van der Waals surface area contributed by atoms with Crippen LogP contribution in [0.25, 0.3) is 83.6 Å². The van der Waals surface area contributed by atoms with Crippen molar-refractivity contribution in [2.24, 2.45) is 0 Å². The number of nitrogens with zero attached hydrogens (tertiary/aromatic N) is 3. The number of para-hydroxylation sites is 1. The van der Waals surface area contributed by atoms with Crippen LogP contribution in [0.5, 0.6) is 0 Å². The third kappa shape index (κ3) is 5.59. The van der Waals surface area contributed by atoms with E-state index in [2.05, 4.69) is 235 Å². The van der Waals surface area contributed by atoms with Gasteiger partial charge >= 0.3 is 0 Å². The quantitative estimate of drug-likeness (QED) is 0.161. The summed E-state index contributed by atoms with van der Waals surface area (Å²) in [6.45, 7) is 0. The van der Waals surface area contributed by atoms with Crippen LogP contribution in [0.2, 0.25) is 0 Å². The number of hydrogen-bond acceptors (Lipinski definition) is 2. The van der Waals surface area contributed by atoms with Crippen molar-refractivity contribution in [3.8, 4) is 61.8 Å². The summed E-state index contributed by atoms with van der Waals surface area (Å²) in [4.78, 5) is 10.6. The van der Waals surface area contributed by atoms with Crippen molar-refractivity contribution in [3.63, 3.8) is 0 Å². The standard InChI is InChI=1S/C59H39N3/c1-5-19-40(20-6-1)42-23-17-24-43(37-42)53-39-52(41-21-7-2-8-22-41)60-58(61-53)44-25-18-30-47(38-44)62-54-34-16-14-32-49(54)57-55(62)36-35-51-56(57)48-31-13-15-33-50(48)59(51,45-26-9-3-10-27-45)46-28-11-4-12-29-46/h1-39H. The second kappa shape index (κ2) is 14.5. The Morgan fingerprint density at radius 2 is 0.919 bits per heavy atom. The Labute approximate surface area is 360 Å². The fraction of sp³-hybridized carbons (Fsp3) is 0.0169. The summed E-state index contributed by atoms with van der Waals surface area (Å²) in [6, 6.07) is 85.1. The van der Waals surface area contributed by atoms with E-state index in [4.69, 9.17) is 9.97 Å². The summed E-state index contributed by atoms with van der Waals surface area (Å²) in [5.74, 6) is 0.680. The van der Waals surface area contributed by atoms with Crippen molar-refractivity contribution < 1.29 is 0 Å². The first-order valence-electron chi connectivity index (χ1n) is 21.2. The Morgan fingerprint density at radius 3 is 1.66 bits per heavy atom. The van der Waals surface area contributed by atoms with E-state index in [1.165, 1.54) is 49.7 Å². The molecule has 0 amide bonds. The zero-order chi connectivity index (χ0) is 41.0. The molecule has 290 valence electrons. The lowest BCUT2D eigenvalue weighted by Crippen LogP contribution is -2.28. The summed E-state index contributed by atoms with van der Waals surface area (Å²) < 4.78 is 2.42. The second-order valence-electron chi connectivity index (χ2n) is 16.1. The third-order valence-corrected chi connectivity index (χ3v) is 12.7. The molecule has 0 saturated carbocycles. The molecule has 1 aliphatic carbocycles. The van der Waals surface area contributed by atoms with Gasteiger partial charge in [0.25, 0.3) is 0 Å². The molecule has 0 fully saturated rings. The highest BCUT2D eigenvalue weighted by Gasteiger charge is 2.47. The van der Waals surface area contributed by atoms with Gasteiger partial charge in [-0.2, -0.15) is 0 Å². The van der Waals surface area contributed by atoms with Crippen LogP contribution in [0.4, 0.5) is 0 Å². The van der Waals surface area contributed by atoms with Crippen LogP contribution in [0.15, 0.2) is 237 Å². The van der Waals surface area contributed by atoms with Gasteiger partial charge in [0.1, 0.15) is 0 Å². The molecule has 62 heavy (non-hydrogen) atoms. The van der Waals surface area contributed by atoms with Gasteiger partial charge in [0.15, 0.2) is 5.82 Å². The monoisotopic (exact) mass is 789 g/mol. The highest BCUT2D eigenvalue weighted by molar-refractivity contribution is 6.18. The molecule has 0 saturated heterocycles. The average Bonchev–Trinajstić information content (AvgIpc) is 3.86. The van der Waals surface area contributed by atoms with E-state index in [-0.39, 0.29) is 0 Å². The predicted molar refractivity (Wildman–Crippen MR) is 255 cm³/mol. The maximum absolute atomic E-state index is 5.31. The van der Waals surface area contributed by atoms with Gasteiger partial charge in [-0.1, -0.05) is 200 Å². The maximum Gasteiger partial charge on any atom is 0.160 e. The molecule has 12 rings (SSSR count). The molecule has 9 aromatic carbocycles. The van der Waals surface area contributed by atoms with Gasteiger partial charge in [-0.05, 0) is 80.9 Å². The average molecular weight is 790 g/mol. The molecule has 0 spiro atoms. The molecule has 2 heterocycles. The number of rotatable bonds is 7. The van der Waals surface area contributed by atoms with Crippen molar-refractivity contribution in [3.05, 3.63) is 259 Å². The van der Waals surface area contributed by atoms with Crippen molar-refractivity contribution in [1.82, 2.24) is 14.5 Å². The van der Waals surface area contributed by atoms with Gasteiger partial charge in [-0.15, -0.1) is 0 Å². The number of aromatic nitrogens is 3. The molecule has 0 radical (unpaired) electrons. The van der Waals surface area contributed by atoms with Crippen LogP contribution < -0.4 is 0 Å². The lowest BCUT2D eigenvalue weighted by Gasteiger charge is -2.33. The van der Waals surface area contributed by atoms with Gasteiger partial charge in [0.2, 0.25) is 0 Å². The van der Waals surface area contributed by atoms with Crippen LogP contribution in [0, 0.1) is 0 Å². The Hall–Kier alpha value is -8.14. The third-order valence-electron chi connectivity index (χ3n) is 12.7. The second-order valence-corrected chi connectivity index (χ2v) is 16.1. The van der Waals surface area contributed by atoms with E-state index in [0.717, 1.165) is 50.4 Å². The lowest BCUT2D eigenvalue weighted by molar-refractivity contribution is 0.769. The summed E-state index contributed by atoms with van der Waals surface area (Å²) in [7, 11) is 0. The Morgan fingerprint density at radius 1 is 0.355 bits per heavy atom. The van der Waals surface area contributed by atoms with E-state index in [9.17, 15) is 0 Å². The van der Waals surface area contributed by atoms with E-state index in [1.54, 1.807) is 0 Å². The summed E-state index contributed by atoms with van der Waals surface area (Å²) >= 11 is 0. The molecule has 0 unspecified atom stereocenters. The molecule has 1 aliphatic rings. The van der Waals surface area contributed by atoms with E-state index in [0.29, 0.717) is 5.82 Å². The van der Waals surface area contributed by atoms with Crippen molar-refractivity contribution in [2.75, 3.05) is 0 Å². The molecule has 3 nitrogen and oxygen atoms in total. The fourth-order valence-electron chi connectivity index (χ4n) is 10.0. The first-order chi connectivity index (χ1) is 30.8. The summed E-state index contributed by atoms with van der Waals surface area (Å²) in [6.07, 6.45) is 0. The normalized spacial score (nSPS) is 12.6. The molecule has 11 aromatic rings. The zero-order valence-corrected chi connectivity index (χ0v) is 33.9. The van der Waals surface area contributed by atoms with E-state index in [1.807, 2.05) is 6.07 Å². The zero-order valence-electron chi connectivity index (χ0n) is 33.9. The summed E-state index contributed by atoms with van der Waals surface area (Å²) in [5, 5.41) is 2.48. The number of fused-ring (bicyclic) bond motifs is 7. The van der Waals surface area contributed by atoms with E-state index < -0.39 is 5.41 Å². The largest absolute Gasteiger partial charge is 0.309 e. The van der Waals surface area contributed by atoms with Crippen LogP contribution >= 0.6 is 0 Å². The van der Waals surface area contributed by atoms with Crippen LogP contribution in [-0.4, -0.2) is 14.5 Å². The highest BCUT2D eigenvalue weighted by atomic mass is 15.0. The molecule has 0 bridgehead atoms. The number of benzene rings is 9. The minimum absolute atomic E-state index is 0.481. The van der Waals surface area contributed by atoms with Crippen LogP contribution in [-0.2, 0) is 5.41 Å². The van der Waals surface area contributed by atoms with Gasteiger partial charge in [-0.25, -0.2) is 9.97 Å². The topological polar surface area (TPSA) is 30.7 Å². The molecule has 0 aliphatic heterocycles. The van der Waals surface area contributed by atoms with Crippen LogP contribution in [0.1, 0.15) is 22.3 Å². The number of hydrogen-bond donors (Lipinski definition) is 0. The molecule has 2 aromatic heterocycles. The Bertz CT molecular complexity index is 3400. The maximum atomic E-state index is 5.31. The van der Waals surface area contributed by atoms with Gasteiger partial charge in [0, 0.05) is 33.2 Å². The fourth-order valence-corrected chi connectivity index (χ4v) is 10.0. The Balaban J connectivity index is 1.07. The van der Waals surface area contributed by atoms with Crippen molar-refractivity contribution in [1.29, 1.82) is 0 Å². The minimum atomic E-state index is -0.481. The molecule has 0 atom stereocenters. The van der Waals surface area contributed by atoms with E-state index >= 15 is 0 Å². The highest BCUT2D eigenvalue weighted by Crippen LogP contribution is 2.58. The SMILES string of the molecule is c1ccc(-c2cccc(-c3cc(-c4ccccc4)nc(-c4cccc(-n5c6ccccc6c6c7c(ccc65)C(c5ccccc5)(c5ccccc5)c5ccccc5-7)c4)n3)c2)cc1. The Kier molecular flexibility index (Phi) is 8.39. The smallest absolute Gasteiger partial charge is 0.160 e. The molecular weight excluding hydrogens is 751 g/mol. The molecular formula is C59H39N3. The summed E-state index contributed by atoms with van der Waals surface area (Å²) in [5.41, 5.74) is 17.7. The first kappa shape index (κ1) is 35.8. The van der Waals surface area contributed by atoms with Crippen molar-refractivity contribution in [2.45, 2.75) is 5.41 Å². The lowest BCUT2D eigenvalue weighted by atomic mass is 9.67. The van der Waals surface area contributed by atoms with Gasteiger partial charge in [0.05, 0.1) is 27.8 Å². The van der Waals surface area contributed by atoms with Crippen molar-refractivity contribution >= 4 is 21.8 Å². The first-order valence-corrected chi connectivity index (χ1v) is 21.2. The molecule has 0 N–H and O–H groups in total. The van der Waals surface area contributed by atoms with Gasteiger partial charge in [-0.3, -0.25) is 0 Å². The molecule has 3 heteroatoms. The minimum Gasteiger partial charge on any atom is -0.309 e.